The molecule has 0 heterocycles. The van der Waals surface area contributed by atoms with Crippen molar-refractivity contribution in [1.82, 2.24) is 0 Å². The molecule has 0 aliphatic heterocycles. The highest BCUT2D eigenvalue weighted by Crippen LogP contribution is 2.70. The molecule has 1 aromatic rings. The van der Waals surface area contributed by atoms with Gasteiger partial charge >= 0.3 is 0 Å². The monoisotopic (exact) mass is 493 g/mol. The lowest BCUT2D eigenvalue weighted by Gasteiger charge is -2.62. The highest BCUT2D eigenvalue weighted by atomic mass is 16.6. The lowest BCUT2D eigenvalue weighted by Crippen LogP contribution is -2.54. The number of rotatable bonds is 7. The summed E-state index contributed by atoms with van der Waals surface area (Å²) in [4.78, 5) is 11.7. The standard InChI is InChI=1S/C33H51NO2/c1-22(2)10-8-11-23(3)27-17-18-29-26-15-16-28-24(25-12-6-7-14-31(25)34(35)36)13-9-20-32(28,4)30(26)19-21-33(27,29)5/h6-7,12,14,22-24,26-30H,8-11,13,15-21H2,1-5H3. The molecule has 200 valence electrons. The number of benzene rings is 1. The Labute approximate surface area is 220 Å². The Morgan fingerprint density at radius 2 is 1.61 bits per heavy atom. The van der Waals surface area contributed by atoms with E-state index in [0.717, 1.165) is 47.5 Å². The van der Waals surface area contributed by atoms with Gasteiger partial charge in [-0.15, -0.1) is 0 Å². The fraction of sp³-hybridized carbons (Fsp3) is 0.818. The van der Waals surface area contributed by atoms with Crippen molar-refractivity contribution in [1.29, 1.82) is 0 Å². The van der Waals surface area contributed by atoms with Crippen LogP contribution in [0.25, 0.3) is 0 Å². The maximum absolute atomic E-state index is 11.9. The van der Waals surface area contributed by atoms with E-state index >= 15 is 0 Å². The average Bonchev–Trinajstić information content (AvgIpc) is 3.20. The third-order valence-corrected chi connectivity index (χ3v) is 12.4. The maximum atomic E-state index is 11.9. The molecule has 0 saturated heterocycles. The van der Waals surface area contributed by atoms with Crippen LogP contribution in [0.3, 0.4) is 0 Å². The summed E-state index contributed by atoms with van der Waals surface area (Å²) in [6.07, 6.45) is 16.2. The van der Waals surface area contributed by atoms with E-state index in [9.17, 15) is 10.1 Å². The average molecular weight is 494 g/mol. The molecule has 4 aliphatic carbocycles. The van der Waals surface area contributed by atoms with Gasteiger partial charge in [0, 0.05) is 11.6 Å². The SMILES string of the molecule is CC(C)CCCC(C)C1CCC2C3CCC4C(c5ccccc5[N+](=O)[O-])CCCC4(C)C3CCC12C. The second-order valence-electron chi connectivity index (χ2n) is 14.4. The Hall–Kier alpha value is -1.38. The highest BCUT2D eigenvalue weighted by molar-refractivity contribution is 5.43. The van der Waals surface area contributed by atoms with Crippen LogP contribution in [0.15, 0.2) is 24.3 Å². The minimum absolute atomic E-state index is 0.139. The number of fused-ring (bicyclic) bond motifs is 5. The summed E-state index contributed by atoms with van der Waals surface area (Å²) in [6, 6.07) is 7.66. The van der Waals surface area contributed by atoms with Crippen LogP contribution >= 0.6 is 0 Å². The van der Waals surface area contributed by atoms with Crippen LogP contribution in [0.1, 0.15) is 123 Å². The molecule has 4 aliphatic rings. The number of nitrogens with zero attached hydrogens (tertiary/aromatic N) is 1. The fourth-order valence-corrected chi connectivity index (χ4v) is 10.8. The van der Waals surface area contributed by atoms with E-state index in [1.807, 2.05) is 12.1 Å². The van der Waals surface area contributed by atoms with Crippen molar-refractivity contribution in [3.8, 4) is 0 Å². The summed E-state index contributed by atoms with van der Waals surface area (Å²) >= 11 is 0. The van der Waals surface area contributed by atoms with Gasteiger partial charge in [0.15, 0.2) is 0 Å². The normalized spacial score (nSPS) is 40.8. The van der Waals surface area contributed by atoms with E-state index in [0.29, 0.717) is 28.4 Å². The zero-order valence-electron chi connectivity index (χ0n) is 23.7. The Morgan fingerprint density at radius 1 is 0.889 bits per heavy atom. The molecule has 3 nitrogen and oxygen atoms in total. The number of nitro groups is 1. The van der Waals surface area contributed by atoms with Gasteiger partial charge < -0.3 is 0 Å². The number of hydrogen-bond donors (Lipinski definition) is 0. The first kappa shape index (κ1) is 26.2. The summed E-state index contributed by atoms with van der Waals surface area (Å²) in [5.41, 5.74) is 2.26. The van der Waals surface area contributed by atoms with Gasteiger partial charge in [0.05, 0.1) is 4.92 Å². The Morgan fingerprint density at radius 3 is 2.36 bits per heavy atom. The smallest absolute Gasteiger partial charge is 0.258 e. The molecule has 9 unspecified atom stereocenters. The van der Waals surface area contributed by atoms with Gasteiger partial charge in [-0.1, -0.05) is 78.5 Å². The highest BCUT2D eigenvalue weighted by Gasteiger charge is 2.61. The van der Waals surface area contributed by atoms with Crippen molar-refractivity contribution >= 4 is 5.69 Å². The molecule has 0 bridgehead atoms. The minimum atomic E-state index is -0.139. The molecule has 1 aromatic carbocycles. The molecule has 4 saturated carbocycles. The van der Waals surface area contributed by atoms with Crippen LogP contribution in [-0.2, 0) is 0 Å². The van der Waals surface area contributed by atoms with Crippen LogP contribution in [0.2, 0.25) is 0 Å². The summed E-state index contributed by atoms with van der Waals surface area (Å²) in [7, 11) is 0. The first-order chi connectivity index (χ1) is 17.2. The molecule has 0 spiro atoms. The van der Waals surface area contributed by atoms with Crippen molar-refractivity contribution in [2.24, 2.45) is 52.3 Å². The fourth-order valence-electron chi connectivity index (χ4n) is 10.8. The number of hydrogen-bond acceptors (Lipinski definition) is 2. The molecule has 9 atom stereocenters. The van der Waals surface area contributed by atoms with Gasteiger partial charge in [-0.25, -0.2) is 0 Å². The lowest BCUT2D eigenvalue weighted by molar-refractivity contribution is -0.386. The summed E-state index contributed by atoms with van der Waals surface area (Å²) in [6.45, 7) is 12.6. The second kappa shape index (κ2) is 10.1. The molecule has 0 amide bonds. The van der Waals surface area contributed by atoms with Crippen molar-refractivity contribution in [3.05, 3.63) is 39.9 Å². The Balaban J connectivity index is 1.35. The van der Waals surface area contributed by atoms with Gasteiger partial charge in [-0.05, 0) is 110 Å². The van der Waals surface area contributed by atoms with Gasteiger partial charge in [0.25, 0.3) is 5.69 Å². The predicted octanol–water partition coefficient (Wildman–Crippen LogP) is 9.80. The van der Waals surface area contributed by atoms with Crippen LogP contribution in [0, 0.1) is 62.4 Å². The largest absolute Gasteiger partial charge is 0.272 e. The molecule has 3 heteroatoms. The zero-order chi connectivity index (χ0) is 25.7. The van der Waals surface area contributed by atoms with E-state index in [1.165, 1.54) is 70.6 Å². The minimum Gasteiger partial charge on any atom is -0.258 e. The molecule has 0 N–H and O–H groups in total. The van der Waals surface area contributed by atoms with E-state index in [2.05, 4.69) is 40.7 Å². The number of para-hydroxylation sites is 1. The van der Waals surface area contributed by atoms with Crippen molar-refractivity contribution in [3.63, 3.8) is 0 Å². The van der Waals surface area contributed by atoms with Crippen molar-refractivity contribution in [2.75, 3.05) is 0 Å². The summed E-state index contributed by atoms with van der Waals surface area (Å²) < 4.78 is 0. The molecule has 4 fully saturated rings. The van der Waals surface area contributed by atoms with Crippen molar-refractivity contribution < 1.29 is 4.92 Å². The maximum Gasteiger partial charge on any atom is 0.272 e. The second-order valence-corrected chi connectivity index (χ2v) is 14.4. The van der Waals surface area contributed by atoms with Crippen LogP contribution < -0.4 is 0 Å². The molecular formula is C33H51NO2. The molecule has 5 rings (SSSR count). The van der Waals surface area contributed by atoms with E-state index in [-0.39, 0.29) is 4.92 Å². The molecule has 0 aromatic heterocycles. The van der Waals surface area contributed by atoms with Gasteiger partial charge in [0.1, 0.15) is 0 Å². The van der Waals surface area contributed by atoms with Gasteiger partial charge in [0.2, 0.25) is 0 Å². The number of nitro benzene ring substituents is 1. The molecular weight excluding hydrogens is 442 g/mol. The molecule has 0 radical (unpaired) electrons. The van der Waals surface area contributed by atoms with E-state index in [4.69, 9.17) is 0 Å². The predicted molar refractivity (Wildman–Crippen MR) is 149 cm³/mol. The van der Waals surface area contributed by atoms with Gasteiger partial charge in [-0.2, -0.15) is 0 Å². The van der Waals surface area contributed by atoms with Crippen LogP contribution in [0.4, 0.5) is 5.69 Å². The third kappa shape index (κ3) is 4.35. The molecule has 36 heavy (non-hydrogen) atoms. The van der Waals surface area contributed by atoms with Crippen LogP contribution in [-0.4, -0.2) is 4.92 Å². The Bertz CT molecular complexity index is 941. The quantitative estimate of drug-likeness (QED) is 0.280. The third-order valence-electron chi connectivity index (χ3n) is 12.4. The topological polar surface area (TPSA) is 43.1 Å². The first-order valence-corrected chi connectivity index (χ1v) is 15.4. The zero-order valence-corrected chi connectivity index (χ0v) is 23.7. The van der Waals surface area contributed by atoms with E-state index < -0.39 is 0 Å². The summed E-state index contributed by atoms with van der Waals surface area (Å²) in [5, 5.41) is 11.9. The summed E-state index contributed by atoms with van der Waals surface area (Å²) in [5.74, 6) is 6.15. The lowest BCUT2D eigenvalue weighted by atomic mass is 9.43. The van der Waals surface area contributed by atoms with E-state index in [1.54, 1.807) is 6.07 Å². The first-order valence-electron chi connectivity index (χ1n) is 15.4. The van der Waals surface area contributed by atoms with Crippen molar-refractivity contribution in [2.45, 2.75) is 118 Å². The van der Waals surface area contributed by atoms with Crippen LogP contribution in [0.5, 0.6) is 0 Å². The van der Waals surface area contributed by atoms with Gasteiger partial charge in [-0.3, -0.25) is 10.1 Å². The Kier molecular flexibility index (Phi) is 7.33.